The zero-order valence-corrected chi connectivity index (χ0v) is 47.8. The van der Waals surface area contributed by atoms with Gasteiger partial charge in [-0.2, -0.15) is 0 Å². The largest absolute Gasteiger partial charge is 0.391 e. The number of primary amides is 1. The van der Waals surface area contributed by atoms with Crippen LogP contribution >= 0.6 is 0 Å². The van der Waals surface area contributed by atoms with E-state index < -0.39 is 132 Å². The van der Waals surface area contributed by atoms with Crippen LogP contribution in [-0.4, -0.2) is 178 Å². The average molecular weight is 1150 g/mol. The number of nitrogens with one attached hydrogen (secondary N) is 7. The number of nitrogens with zero attached hydrogens (tertiary/aromatic N) is 3. The zero-order chi connectivity index (χ0) is 59.9. The number of aliphatic hydroxyl groups is 1. The molecule has 10 amide bonds. The van der Waals surface area contributed by atoms with Gasteiger partial charge in [0.15, 0.2) is 0 Å². The van der Waals surface area contributed by atoms with Gasteiger partial charge in [0.05, 0.1) is 24.7 Å². The van der Waals surface area contributed by atoms with Crippen molar-refractivity contribution in [2.45, 2.75) is 171 Å². The van der Waals surface area contributed by atoms with Crippen molar-refractivity contribution in [3.8, 4) is 0 Å². The molecule has 12 atom stereocenters. The van der Waals surface area contributed by atoms with E-state index in [1.54, 1.807) is 62.4 Å². The van der Waals surface area contributed by atoms with E-state index in [9.17, 15) is 53.1 Å². The van der Waals surface area contributed by atoms with Crippen LogP contribution in [0.3, 0.4) is 0 Å². The van der Waals surface area contributed by atoms with Crippen molar-refractivity contribution in [2.24, 2.45) is 17.4 Å². The molecule has 0 aliphatic carbocycles. The van der Waals surface area contributed by atoms with Crippen molar-refractivity contribution < 1.29 is 53.1 Å². The second-order valence-corrected chi connectivity index (χ2v) is 22.8. The van der Waals surface area contributed by atoms with E-state index in [1.165, 1.54) is 23.6 Å². The van der Waals surface area contributed by atoms with Crippen LogP contribution < -0.4 is 48.7 Å². The molecule has 3 aromatic rings. The molecule has 448 valence electrons. The summed E-state index contributed by atoms with van der Waals surface area (Å²) in [6.07, 6.45) is 3.15. The van der Waals surface area contributed by atoms with Gasteiger partial charge in [-0.05, 0) is 94.2 Å². The molecule has 7 rings (SSSR count). The Balaban J connectivity index is 0.899. The molecule has 0 aromatic heterocycles. The van der Waals surface area contributed by atoms with Gasteiger partial charge < -0.3 is 63.6 Å². The highest BCUT2D eigenvalue weighted by molar-refractivity contribution is 5.97. The van der Waals surface area contributed by atoms with Crippen molar-refractivity contribution in [3.63, 3.8) is 0 Å². The minimum atomic E-state index is -1.38. The van der Waals surface area contributed by atoms with E-state index in [1.807, 2.05) is 47.4 Å². The Labute approximate surface area is 484 Å². The standard InChI is InChI=1S/C60H82N12O11/c1-35(2)50(68-54(77)43(61)30-38-16-8-5-9-17-38)60(83)71-29-15-23-47(71)58(81)69-51(37(4)73)59(82)65-41-24-25-42-26-27-48(72(42)34-41)56(79)63-33-49(74)70-28-14-22-46(70)57(80)67-45(32-40-20-12-7-13-21-40)55(78)64-36(3)53(76)66-44(52(62)75)31-39-18-10-6-11-19-39/h5-13,16-21,35-37,41-48,50-51,73H,14-15,22-34,61H2,1-4H3,(H2,62,75)(H,63,79)(H,64,78)(H,65,82)(H,66,76)(H,67,80)(H,68,77)(H,69,81)/t36-,37+,41-,42-,43-,44-,45-,46-,47-,48-,50-,51-/m0/s1. The van der Waals surface area contributed by atoms with Gasteiger partial charge in [-0.25, -0.2) is 0 Å². The van der Waals surface area contributed by atoms with Crippen molar-refractivity contribution in [1.82, 2.24) is 51.9 Å². The molecule has 4 aliphatic heterocycles. The summed E-state index contributed by atoms with van der Waals surface area (Å²) in [5.74, 6) is -6.11. The maximum atomic E-state index is 14.0. The molecule has 23 heteroatoms. The molecule has 4 fully saturated rings. The fourth-order valence-electron chi connectivity index (χ4n) is 11.6. The number of amides is 10. The number of hydrogen-bond acceptors (Lipinski definition) is 13. The Morgan fingerprint density at radius 2 is 1.10 bits per heavy atom. The predicted molar refractivity (Wildman–Crippen MR) is 307 cm³/mol. The number of benzene rings is 3. The molecule has 3 aromatic carbocycles. The van der Waals surface area contributed by atoms with Crippen molar-refractivity contribution in [3.05, 3.63) is 108 Å². The molecule has 4 saturated heterocycles. The Morgan fingerprint density at radius 3 is 1.67 bits per heavy atom. The smallest absolute Gasteiger partial charge is 0.246 e. The van der Waals surface area contributed by atoms with Gasteiger partial charge in [-0.3, -0.25) is 52.8 Å². The second kappa shape index (κ2) is 29.5. The van der Waals surface area contributed by atoms with E-state index in [0.717, 1.165) is 16.7 Å². The summed E-state index contributed by atoms with van der Waals surface area (Å²) in [4.78, 5) is 141. The summed E-state index contributed by atoms with van der Waals surface area (Å²) in [6.45, 7) is 6.77. The van der Waals surface area contributed by atoms with Crippen LogP contribution in [0.1, 0.15) is 95.8 Å². The Bertz CT molecular complexity index is 2770. The number of aliphatic hydroxyl groups excluding tert-OH is 1. The average Bonchev–Trinajstić information content (AvgIpc) is 4.47. The lowest BCUT2D eigenvalue weighted by Gasteiger charge is -2.39. The lowest BCUT2D eigenvalue weighted by atomic mass is 9.98. The number of hydrogen-bond donors (Lipinski definition) is 10. The van der Waals surface area contributed by atoms with Crippen LogP contribution in [0.25, 0.3) is 0 Å². The highest BCUT2D eigenvalue weighted by Gasteiger charge is 2.45. The van der Waals surface area contributed by atoms with Gasteiger partial charge >= 0.3 is 0 Å². The number of fused-ring (bicyclic) bond motifs is 1. The Morgan fingerprint density at radius 1 is 0.554 bits per heavy atom. The highest BCUT2D eigenvalue weighted by Crippen LogP contribution is 2.32. The quantitative estimate of drug-likeness (QED) is 0.0499. The van der Waals surface area contributed by atoms with Gasteiger partial charge in [-0.15, -0.1) is 0 Å². The summed E-state index contributed by atoms with van der Waals surface area (Å²) >= 11 is 0. The maximum absolute atomic E-state index is 14.0. The third kappa shape index (κ3) is 16.9. The van der Waals surface area contributed by atoms with Gasteiger partial charge in [0.2, 0.25) is 59.1 Å². The number of likely N-dealkylation sites (tertiary alicyclic amines) is 2. The Kier molecular flexibility index (Phi) is 22.3. The summed E-state index contributed by atoms with van der Waals surface area (Å²) in [6, 6.07) is 17.6. The highest BCUT2D eigenvalue weighted by atomic mass is 16.3. The van der Waals surface area contributed by atoms with Crippen LogP contribution in [0.4, 0.5) is 0 Å². The summed E-state index contributed by atoms with van der Waals surface area (Å²) < 4.78 is 0. The molecule has 83 heavy (non-hydrogen) atoms. The zero-order valence-electron chi connectivity index (χ0n) is 47.8. The Hall–Kier alpha value is -7.76. The van der Waals surface area contributed by atoms with E-state index in [0.29, 0.717) is 51.4 Å². The van der Waals surface area contributed by atoms with Crippen LogP contribution in [0, 0.1) is 5.92 Å². The summed E-state index contributed by atoms with van der Waals surface area (Å²) in [7, 11) is 0. The van der Waals surface area contributed by atoms with Crippen molar-refractivity contribution in [2.75, 3.05) is 26.2 Å². The first kappa shape index (κ1) is 62.8. The summed E-state index contributed by atoms with van der Waals surface area (Å²) in [5.41, 5.74) is 14.2. The molecule has 23 nitrogen and oxygen atoms in total. The van der Waals surface area contributed by atoms with Crippen LogP contribution in [0.15, 0.2) is 91.0 Å². The molecular weight excluding hydrogens is 1060 g/mol. The third-order valence-corrected chi connectivity index (χ3v) is 16.2. The van der Waals surface area contributed by atoms with Crippen LogP contribution in [0.5, 0.6) is 0 Å². The first-order valence-electron chi connectivity index (χ1n) is 29.0. The third-order valence-electron chi connectivity index (χ3n) is 16.2. The van der Waals surface area contributed by atoms with Gasteiger partial charge in [0, 0.05) is 44.6 Å². The number of rotatable bonds is 25. The molecule has 0 saturated carbocycles. The molecule has 4 aliphatic rings. The fourth-order valence-corrected chi connectivity index (χ4v) is 11.6. The fraction of sp³-hybridized carbons (Fsp3) is 0.533. The van der Waals surface area contributed by atoms with E-state index >= 15 is 0 Å². The van der Waals surface area contributed by atoms with Crippen molar-refractivity contribution in [1.29, 1.82) is 0 Å². The monoisotopic (exact) mass is 1150 g/mol. The number of carbonyl (C=O) groups is 10. The van der Waals surface area contributed by atoms with Gasteiger partial charge in [-0.1, -0.05) is 105 Å². The molecule has 12 N–H and O–H groups in total. The first-order chi connectivity index (χ1) is 39.7. The van der Waals surface area contributed by atoms with Crippen LogP contribution in [-0.2, 0) is 67.2 Å². The van der Waals surface area contributed by atoms with E-state index in [2.05, 4.69) is 37.2 Å². The summed E-state index contributed by atoms with van der Waals surface area (Å²) in [5, 5.41) is 30.2. The molecule has 0 radical (unpaired) electrons. The topological polar surface area (TPSA) is 337 Å². The molecule has 0 unspecified atom stereocenters. The second-order valence-electron chi connectivity index (χ2n) is 22.8. The molecule has 0 bridgehead atoms. The SMILES string of the molecule is CC(C)[C@H](NC(=O)[C@@H](N)Cc1ccccc1)C(=O)N1CCC[C@H]1C(=O)N[C@H](C(=O)N[C@H]1CC[C@H]2CC[C@@H](C(=O)NCC(=O)N3CCC[C@H]3C(=O)N[C@@H](Cc3ccccc3)C(=O)N[C@@H](C)C(=O)N[C@@H](Cc3ccccc3)C(N)=O)N2C1)[C@@H](C)O. The van der Waals surface area contributed by atoms with E-state index in [4.69, 9.17) is 11.5 Å². The van der Waals surface area contributed by atoms with Gasteiger partial charge in [0.25, 0.3) is 0 Å². The lowest BCUT2D eigenvalue weighted by molar-refractivity contribution is -0.143. The normalized spacial score (nSPS) is 22.1. The predicted octanol–water partition coefficient (Wildman–Crippen LogP) is -0.782. The maximum Gasteiger partial charge on any atom is 0.246 e. The molecule has 4 heterocycles. The van der Waals surface area contributed by atoms with Gasteiger partial charge in [0.1, 0.15) is 42.3 Å². The lowest BCUT2D eigenvalue weighted by Crippen LogP contribution is -2.61. The number of nitrogens with two attached hydrogens (primary N) is 2. The minimum Gasteiger partial charge on any atom is -0.391 e. The van der Waals surface area contributed by atoms with Crippen LogP contribution in [0.2, 0.25) is 0 Å². The minimum absolute atomic E-state index is 0.0311. The van der Waals surface area contributed by atoms with E-state index in [-0.39, 0.29) is 50.9 Å². The number of piperidine rings is 1. The molecular formula is C60H82N12O11. The van der Waals surface area contributed by atoms with Crippen molar-refractivity contribution >= 4 is 59.1 Å². The molecule has 0 spiro atoms. The number of carbonyl (C=O) groups excluding carboxylic acids is 10. The first-order valence-corrected chi connectivity index (χ1v) is 29.0.